The van der Waals surface area contributed by atoms with Crippen LogP contribution in [-0.2, 0) is 6.54 Å². The fourth-order valence-corrected chi connectivity index (χ4v) is 4.26. The first-order valence-electron chi connectivity index (χ1n) is 8.37. The molecule has 5 nitrogen and oxygen atoms in total. The highest BCUT2D eigenvalue weighted by molar-refractivity contribution is 7.18. The fourth-order valence-electron chi connectivity index (χ4n) is 3.24. The maximum atomic E-state index is 4.56. The minimum atomic E-state index is 0.566. The van der Waals surface area contributed by atoms with E-state index in [2.05, 4.69) is 49.6 Å². The molecule has 4 heterocycles. The van der Waals surface area contributed by atoms with E-state index in [0.717, 1.165) is 43.8 Å². The lowest BCUT2D eigenvalue weighted by molar-refractivity contribution is 0.413. The van der Waals surface area contributed by atoms with Crippen molar-refractivity contribution in [2.45, 2.75) is 32.4 Å². The Morgan fingerprint density at radius 1 is 1.21 bits per heavy atom. The summed E-state index contributed by atoms with van der Waals surface area (Å²) in [5.41, 5.74) is 3.63. The lowest BCUT2D eigenvalue weighted by Crippen LogP contribution is -2.42. The van der Waals surface area contributed by atoms with Gasteiger partial charge in [0.2, 0.25) is 0 Å². The lowest BCUT2D eigenvalue weighted by Gasteiger charge is -2.33. The summed E-state index contributed by atoms with van der Waals surface area (Å²) in [6.45, 7) is 5.11. The van der Waals surface area contributed by atoms with Crippen LogP contribution in [0.4, 0.5) is 5.82 Å². The molecule has 1 fully saturated rings. The first-order chi connectivity index (χ1) is 11.8. The smallest absolute Gasteiger partial charge is 0.150 e. The largest absolute Gasteiger partial charge is 0.355 e. The molecule has 0 atom stereocenters. The van der Waals surface area contributed by atoms with Crippen molar-refractivity contribution in [3.05, 3.63) is 47.4 Å². The highest BCUT2D eigenvalue weighted by atomic mass is 32.1. The summed E-state index contributed by atoms with van der Waals surface area (Å²) in [7, 11) is 0. The quantitative estimate of drug-likeness (QED) is 0.791. The summed E-state index contributed by atoms with van der Waals surface area (Å²) < 4.78 is 1.22. The number of aromatic nitrogens is 3. The van der Waals surface area contributed by atoms with Gasteiger partial charge in [0.05, 0.1) is 10.2 Å². The second kappa shape index (κ2) is 6.83. The predicted molar refractivity (Wildman–Crippen MR) is 98.5 cm³/mol. The van der Waals surface area contributed by atoms with Crippen molar-refractivity contribution in [3.8, 4) is 0 Å². The Kier molecular flexibility index (Phi) is 4.40. The normalized spacial score (nSPS) is 16.0. The van der Waals surface area contributed by atoms with E-state index in [1.54, 1.807) is 17.7 Å². The topological polar surface area (TPSA) is 53.9 Å². The van der Waals surface area contributed by atoms with Crippen LogP contribution >= 0.6 is 11.3 Å². The van der Waals surface area contributed by atoms with E-state index in [1.807, 2.05) is 12.4 Å². The molecule has 0 unspecified atom stereocenters. The molecule has 24 heavy (non-hydrogen) atoms. The predicted octanol–water partition coefficient (Wildman–Crippen LogP) is 3.15. The molecule has 0 aromatic carbocycles. The van der Waals surface area contributed by atoms with Gasteiger partial charge in [-0.3, -0.25) is 4.98 Å². The van der Waals surface area contributed by atoms with Crippen LogP contribution in [-0.4, -0.2) is 34.1 Å². The Balaban J connectivity index is 1.39. The van der Waals surface area contributed by atoms with Crippen molar-refractivity contribution in [2.24, 2.45) is 0 Å². The summed E-state index contributed by atoms with van der Waals surface area (Å²) in [6.07, 6.45) is 7.68. The molecule has 124 valence electrons. The minimum Gasteiger partial charge on any atom is -0.355 e. The third-order valence-corrected chi connectivity index (χ3v) is 5.73. The summed E-state index contributed by atoms with van der Waals surface area (Å²) >= 11 is 1.75. The molecule has 0 saturated carbocycles. The average molecular weight is 339 g/mol. The van der Waals surface area contributed by atoms with Crippen molar-refractivity contribution in [3.63, 3.8) is 0 Å². The van der Waals surface area contributed by atoms with Gasteiger partial charge >= 0.3 is 0 Å². The number of anilines is 1. The van der Waals surface area contributed by atoms with E-state index < -0.39 is 0 Å². The van der Waals surface area contributed by atoms with E-state index in [1.165, 1.54) is 15.8 Å². The molecule has 0 aliphatic carbocycles. The Hall–Kier alpha value is -2.05. The standard InChI is InChI=1S/C18H21N5S/c1-13-11-24-17-16(13)21-12-22-18(17)23-8-4-15(5-9-23)20-10-14-2-6-19-7-3-14/h2-3,6-7,11-12,15,20H,4-5,8-10H2,1H3. The number of nitrogens with one attached hydrogen (secondary N) is 1. The van der Waals surface area contributed by atoms with E-state index in [9.17, 15) is 0 Å². The van der Waals surface area contributed by atoms with Gasteiger partial charge in [0, 0.05) is 38.1 Å². The molecule has 6 heteroatoms. The molecule has 0 bridgehead atoms. The summed E-state index contributed by atoms with van der Waals surface area (Å²) in [5, 5.41) is 5.84. The molecule has 1 saturated heterocycles. The third kappa shape index (κ3) is 3.12. The van der Waals surface area contributed by atoms with Crippen LogP contribution in [0.5, 0.6) is 0 Å². The van der Waals surface area contributed by atoms with E-state index in [-0.39, 0.29) is 0 Å². The van der Waals surface area contributed by atoms with Crippen LogP contribution in [0.1, 0.15) is 24.0 Å². The van der Waals surface area contributed by atoms with Crippen molar-refractivity contribution in [1.82, 2.24) is 20.3 Å². The molecule has 0 spiro atoms. The Morgan fingerprint density at radius 2 is 2.00 bits per heavy atom. The number of hydrogen-bond acceptors (Lipinski definition) is 6. The van der Waals surface area contributed by atoms with Gasteiger partial charge < -0.3 is 10.2 Å². The fraction of sp³-hybridized carbons (Fsp3) is 0.389. The number of pyridine rings is 1. The summed E-state index contributed by atoms with van der Waals surface area (Å²) in [6, 6.07) is 4.70. The van der Waals surface area contributed by atoms with Crippen LogP contribution in [0.3, 0.4) is 0 Å². The second-order valence-corrected chi connectivity index (χ2v) is 7.17. The maximum Gasteiger partial charge on any atom is 0.150 e. The molecule has 4 rings (SSSR count). The van der Waals surface area contributed by atoms with Crippen molar-refractivity contribution in [1.29, 1.82) is 0 Å². The van der Waals surface area contributed by atoms with Gasteiger partial charge in [0.1, 0.15) is 12.1 Å². The second-order valence-electron chi connectivity index (χ2n) is 6.29. The maximum absolute atomic E-state index is 4.56. The van der Waals surface area contributed by atoms with Gasteiger partial charge in [0.25, 0.3) is 0 Å². The molecule has 3 aromatic heterocycles. The van der Waals surface area contributed by atoms with E-state index in [4.69, 9.17) is 0 Å². The number of piperidine rings is 1. The molecule has 1 N–H and O–H groups in total. The first-order valence-corrected chi connectivity index (χ1v) is 9.25. The number of rotatable bonds is 4. The van der Waals surface area contributed by atoms with Gasteiger partial charge in [0.15, 0.2) is 0 Å². The molecule has 1 aliphatic rings. The van der Waals surface area contributed by atoms with Gasteiger partial charge in [-0.1, -0.05) is 0 Å². The zero-order valence-electron chi connectivity index (χ0n) is 13.8. The van der Waals surface area contributed by atoms with Crippen molar-refractivity contribution in [2.75, 3.05) is 18.0 Å². The lowest BCUT2D eigenvalue weighted by atomic mass is 10.0. The zero-order chi connectivity index (χ0) is 16.4. The molecule has 1 aliphatic heterocycles. The van der Waals surface area contributed by atoms with Crippen LogP contribution in [0.2, 0.25) is 0 Å². The Morgan fingerprint density at radius 3 is 2.79 bits per heavy atom. The van der Waals surface area contributed by atoms with E-state index >= 15 is 0 Å². The van der Waals surface area contributed by atoms with Crippen molar-refractivity contribution < 1.29 is 0 Å². The SMILES string of the molecule is Cc1csc2c(N3CCC(NCc4ccncc4)CC3)ncnc12. The molecule has 3 aromatic rings. The van der Waals surface area contributed by atoms with Crippen LogP contribution in [0.25, 0.3) is 10.2 Å². The average Bonchev–Trinajstić information content (AvgIpc) is 3.03. The van der Waals surface area contributed by atoms with Gasteiger partial charge in [-0.25, -0.2) is 9.97 Å². The zero-order valence-corrected chi connectivity index (χ0v) is 14.6. The number of hydrogen-bond donors (Lipinski definition) is 1. The van der Waals surface area contributed by atoms with Crippen molar-refractivity contribution >= 4 is 27.4 Å². The number of thiophene rings is 1. The van der Waals surface area contributed by atoms with Crippen LogP contribution < -0.4 is 10.2 Å². The summed E-state index contributed by atoms with van der Waals surface area (Å²) in [4.78, 5) is 15.5. The summed E-state index contributed by atoms with van der Waals surface area (Å²) in [5.74, 6) is 1.10. The molecular weight excluding hydrogens is 318 g/mol. The first kappa shape index (κ1) is 15.5. The number of fused-ring (bicyclic) bond motifs is 1. The Labute approximate surface area is 145 Å². The number of aryl methyl sites for hydroxylation is 1. The van der Waals surface area contributed by atoms with E-state index in [0.29, 0.717) is 6.04 Å². The molecular formula is C18H21N5S. The highest BCUT2D eigenvalue weighted by Crippen LogP contribution is 2.32. The van der Waals surface area contributed by atoms with Gasteiger partial charge in [-0.2, -0.15) is 0 Å². The monoisotopic (exact) mass is 339 g/mol. The Bertz CT molecular complexity index is 809. The molecule has 0 radical (unpaired) electrons. The van der Waals surface area contributed by atoms with Gasteiger partial charge in [-0.05, 0) is 48.4 Å². The van der Waals surface area contributed by atoms with Crippen LogP contribution in [0, 0.1) is 6.92 Å². The number of nitrogens with zero attached hydrogens (tertiary/aromatic N) is 4. The van der Waals surface area contributed by atoms with Crippen LogP contribution in [0.15, 0.2) is 36.2 Å². The minimum absolute atomic E-state index is 0.566. The molecule has 0 amide bonds. The third-order valence-electron chi connectivity index (χ3n) is 4.65. The highest BCUT2D eigenvalue weighted by Gasteiger charge is 2.22. The van der Waals surface area contributed by atoms with Gasteiger partial charge in [-0.15, -0.1) is 11.3 Å².